The first-order valence-corrected chi connectivity index (χ1v) is 7.28. The van der Waals surface area contributed by atoms with Crippen LogP contribution >= 0.6 is 0 Å². The molecule has 1 aliphatic heterocycles. The third-order valence-electron chi connectivity index (χ3n) is 3.75. The molecule has 1 aromatic carbocycles. The lowest BCUT2D eigenvalue weighted by Gasteiger charge is -2.11. The summed E-state index contributed by atoms with van der Waals surface area (Å²) < 4.78 is 11.2. The summed E-state index contributed by atoms with van der Waals surface area (Å²) in [6, 6.07) is 7.26. The van der Waals surface area contributed by atoms with Gasteiger partial charge in [-0.15, -0.1) is 0 Å². The zero-order valence-electron chi connectivity index (χ0n) is 12.3. The topological polar surface area (TPSA) is 84.4 Å². The summed E-state index contributed by atoms with van der Waals surface area (Å²) in [4.78, 5) is 11.3. The number of ether oxygens (including phenoxy) is 2. The van der Waals surface area contributed by atoms with E-state index in [9.17, 15) is 9.90 Å². The molecule has 0 bridgehead atoms. The number of benzene rings is 1. The molecular weight excluding hydrogens is 284 g/mol. The van der Waals surface area contributed by atoms with Gasteiger partial charge in [0, 0.05) is 17.9 Å². The van der Waals surface area contributed by atoms with Crippen LogP contribution in [0, 0.1) is 6.92 Å². The van der Waals surface area contributed by atoms with Crippen molar-refractivity contribution in [3.8, 4) is 17.0 Å². The van der Waals surface area contributed by atoms with E-state index in [0.717, 1.165) is 30.8 Å². The SMILES string of the molecule is Cc1[nH]nc(-c2ccc(OCC3CCCO3)cc2)c1C(=O)O. The van der Waals surface area contributed by atoms with Crippen LogP contribution in [-0.2, 0) is 4.74 Å². The highest BCUT2D eigenvalue weighted by atomic mass is 16.5. The highest BCUT2D eigenvalue weighted by Gasteiger charge is 2.19. The van der Waals surface area contributed by atoms with Crippen molar-refractivity contribution in [2.45, 2.75) is 25.9 Å². The second kappa shape index (κ2) is 6.19. The molecule has 0 amide bonds. The van der Waals surface area contributed by atoms with Crippen molar-refractivity contribution in [2.75, 3.05) is 13.2 Å². The first-order valence-electron chi connectivity index (χ1n) is 7.28. The fraction of sp³-hybridized carbons (Fsp3) is 0.375. The van der Waals surface area contributed by atoms with Crippen molar-refractivity contribution < 1.29 is 19.4 Å². The van der Waals surface area contributed by atoms with Gasteiger partial charge in [-0.3, -0.25) is 5.10 Å². The van der Waals surface area contributed by atoms with Crippen molar-refractivity contribution >= 4 is 5.97 Å². The maximum atomic E-state index is 11.3. The number of nitrogens with zero attached hydrogens (tertiary/aromatic N) is 1. The lowest BCUT2D eigenvalue weighted by molar-refractivity contribution is 0.0679. The fourth-order valence-corrected chi connectivity index (χ4v) is 2.57. The Balaban J connectivity index is 1.72. The number of hydrogen-bond donors (Lipinski definition) is 2. The summed E-state index contributed by atoms with van der Waals surface area (Å²) >= 11 is 0. The van der Waals surface area contributed by atoms with Gasteiger partial charge in [-0.05, 0) is 44.0 Å². The Bertz CT molecular complexity index is 657. The van der Waals surface area contributed by atoms with Crippen LogP contribution in [0.2, 0.25) is 0 Å². The number of rotatable bonds is 5. The predicted octanol–water partition coefficient (Wildman–Crippen LogP) is 2.64. The van der Waals surface area contributed by atoms with Crippen LogP contribution in [-0.4, -0.2) is 40.6 Å². The van der Waals surface area contributed by atoms with E-state index >= 15 is 0 Å². The minimum atomic E-state index is -0.986. The molecule has 2 N–H and O–H groups in total. The van der Waals surface area contributed by atoms with Crippen LogP contribution < -0.4 is 4.74 Å². The van der Waals surface area contributed by atoms with E-state index in [2.05, 4.69) is 10.2 Å². The van der Waals surface area contributed by atoms with Gasteiger partial charge in [0.25, 0.3) is 0 Å². The molecule has 6 heteroatoms. The Morgan fingerprint density at radius 1 is 1.45 bits per heavy atom. The zero-order valence-corrected chi connectivity index (χ0v) is 12.3. The Kier molecular flexibility index (Phi) is 4.11. The van der Waals surface area contributed by atoms with E-state index in [4.69, 9.17) is 9.47 Å². The van der Waals surface area contributed by atoms with Gasteiger partial charge in [0.2, 0.25) is 0 Å². The maximum absolute atomic E-state index is 11.3. The van der Waals surface area contributed by atoms with E-state index in [-0.39, 0.29) is 11.7 Å². The third-order valence-corrected chi connectivity index (χ3v) is 3.75. The molecule has 1 atom stereocenters. The molecule has 0 radical (unpaired) electrons. The summed E-state index contributed by atoms with van der Waals surface area (Å²) in [6.45, 7) is 3.05. The van der Waals surface area contributed by atoms with Crippen molar-refractivity contribution in [3.05, 3.63) is 35.5 Å². The van der Waals surface area contributed by atoms with Crippen LogP contribution in [0.4, 0.5) is 0 Å². The van der Waals surface area contributed by atoms with Crippen molar-refractivity contribution in [1.82, 2.24) is 10.2 Å². The van der Waals surface area contributed by atoms with E-state index in [1.807, 2.05) is 24.3 Å². The van der Waals surface area contributed by atoms with Gasteiger partial charge in [0.05, 0.1) is 6.10 Å². The van der Waals surface area contributed by atoms with Crippen LogP contribution in [0.25, 0.3) is 11.3 Å². The van der Waals surface area contributed by atoms with Gasteiger partial charge in [0.1, 0.15) is 23.6 Å². The number of nitrogens with one attached hydrogen (secondary N) is 1. The first kappa shape index (κ1) is 14.6. The Morgan fingerprint density at radius 2 is 2.23 bits per heavy atom. The molecule has 2 heterocycles. The van der Waals surface area contributed by atoms with Gasteiger partial charge in [-0.1, -0.05) is 0 Å². The number of carboxylic acid groups (broad SMARTS) is 1. The van der Waals surface area contributed by atoms with Gasteiger partial charge in [0.15, 0.2) is 0 Å². The lowest BCUT2D eigenvalue weighted by atomic mass is 10.1. The minimum absolute atomic E-state index is 0.173. The van der Waals surface area contributed by atoms with Crippen LogP contribution in [0.5, 0.6) is 5.75 Å². The molecule has 1 saturated heterocycles. The van der Waals surface area contributed by atoms with Gasteiger partial charge in [-0.25, -0.2) is 4.79 Å². The number of H-pyrrole nitrogens is 1. The molecule has 6 nitrogen and oxygen atoms in total. The Hall–Kier alpha value is -2.34. The number of aromatic carboxylic acids is 1. The highest BCUT2D eigenvalue weighted by Crippen LogP contribution is 2.26. The van der Waals surface area contributed by atoms with Gasteiger partial charge in [-0.2, -0.15) is 5.10 Å². The molecule has 0 spiro atoms. The first-order chi connectivity index (χ1) is 10.6. The smallest absolute Gasteiger partial charge is 0.339 e. The predicted molar refractivity (Wildman–Crippen MR) is 80.2 cm³/mol. The molecule has 1 unspecified atom stereocenters. The third kappa shape index (κ3) is 2.96. The van der Waals surface area contributed by atoms with E-state index in [1.54, 1.807) is 6.92 Å². The summed E-state index contributed by atoms with van der Waals surface area (Å²) in [6.07, 6.45) is 2.29. The molecule has 1 aromatic heterocycles. The average molecular weight is 302 g/mol. The zero-order chi connectivity index (χ0) is 15.5. The number of aryl methyl sites for hydroxylation is 1. The minimum Gasteiger partial charge on any atom is -0.491 e. The highest BCUT2D eigenvalue weighted by molar-refractivity contribution is 5.96. The standard InChI is InChI=1S/C16H18N2O4/c1-10-14(16(19)20)15(18-17-10)11-4-6-12(7-5-11)22-9-13-3-2-8-21-13/h4-7,13H,2-3,8-9H2,1H3,(H,17,18)(H,19,20). The largest absolute Gasteiger partial charge is 0.491 e. The number of aromatic amines is 1. The van der Waals surface area contributed by atoms with E-state index in [1.165, 1.54) is 0 Å². The summed E-state index contributed by atoms with van der Waals surface area (Å²) in [5.41, 5.74) is 1.93. The summed E-state index contributed by atoms with van der Waals surface area (Å²) in [7, 11) is 0. The quantitative estimate of drug-likeness (QED) is 0.887. The average Bonchev–Trinajstić information content (AvgIpc) is 3.15. The molecular formula is C16H18N2O4. The number of aromatic nitrogens is 2. The molecule has 2 aromatic rings. The second-order valence-electron chi connectivity index (χ2n) is 5.35. The second-order valence-corrected chi connectivity index (χ2v) is 5.35. The monoisotopic (exact) mass is 302 g/mol. The molecule has 3 rings (SSSR count). The van der Waals surface area contributed by atoms with Crippen LogP contribution in [0.1, 0.15) is 28.9 Å². The normalized spacial score (nSPS) is 17.6. The van der Waals surface area contributed by atoms with E-state index < -0.39 is 5.97 Å². The summed E-state index contributed by atoms with van der Waals surface area (Å²) in [5.74, 6) is -0.247. The molecule has 0 saturated carbocycles. The molecule has 1 fully saturated rings. The van der Waals surface area contributed by atoms with Crippen molar-refractivity contribution in [1.29, 1.82) is 0 Å². The van der Waals surface area contributed by atoms with Crippen molar-refractivity contribution in [3.63, 3.8) is 0 Å². The summed E-state index contributed by atoms with van der Waals surface area (Å²) in [5, 5.41) is 16.1. The van der Waals surface area contributed by atoms with E-state index in [0.29, 0.717) is 18.0 Å². The lowest BCUT2D eigenvalue weighted by Crippen LogP contribution is -2.16. The molecule has 116 valence electrons. The van der Waals surface area contributed by atoms with Gasteiger partial charge < -0.3 is 14.6 Å². The van der Waals surface area contributed by atoms with Crippen molar-refractivity contribution in [2.24, 2.45) is 0 Å². The maximum Gasteiger partial charge on any atom is 0.339 e. The van der Waals surface area contributed by atoms with Crippen LogP contribution in [0.15, 0.2) is 24.3 Å². The molecule has 0 aliphatic carbocycles. The molecule has 1 aliphatic rings. The molecule has 22 heavy (non-hydrogen) atoms. The van der Waals surface area contributed by atoms with Crippen LogP contribution in [0.3, 0.4) is 0 Å². The number of carboxylic acids is 1. The number of carbonyl (C=O) groups is 1. The Labute approximate surface area is 128 Å². The Morgan fingerprint density at radius 3 is 2.86 bits per heavy atom. The fourth-order valence-electron chi connectivity index (χ4n) is 2.57. The van der Waals surface area contributed by atoms with Gasteiger partial charge >= 0.3 is 5.97 Å². The number of hydrogen-bond acceptors (Lipinski definition) is 4.